The Morgan fingerprint density at radius 2 is 1.97 bits per heavy atom. The zero-order valence-corrected chi connectivity index (χ0v) is 20.8. The molecule has 3 aromatic rings. The minimum atomic E-state index is -0.530. The molecule has 0 bridgehead atoms. The molecule has 6 nitrogen and oxygen atoms in total. The lowest BCUT2D eigenvalue weighted by Gasteiger charge is -2.30. The fourth-order valence-electron chi connectivity index (χ4n) is 4.77. The number of hydrogen-bond acceptors (Lipinski definition) is 5. The van der Waals surface area contributed by atoms with Gasteiger partial charge in [0.2, 0.25) is 0 Å². The number of carbonyl (C=O) groups is 1. The average Bonchev–Trinajstić information content (AvgIpc) is 3.28. The minimum Gasteiger partial charge on any atom is -0.366 e. The van der Waals surface area contributed by atoms with Crippen molar-refractivity contribution in [2.45, 2.75) is 39.0 Å². The van der Waals surface area contributed by atoms with E-state index in [0.29, 0.717) is 22.6 Å². The van der Waals surface area contributed by atoms with Crippen LogP contribution < -0.4 is 5.73 Å². The maximum Gasteiger partial charge on any atom is 0.251 e. The Morgan fingerprint density at radius 1 is 1.21 bits per heavy atom. The van der Waals surface area contributed by atoms with Crippen LogP contribution in [-0.4, -0.2) is 63.8 Å². The molecule has 182 valence electrons. The van der Waals surface area contributed by atoms with Gasteiger partial charge in [-0.15, -0.1) is 0 Å². The molecule has 1 aliphatic heterocycles. The summed E-state index contributed by atoms with van der Waals surface area (Å²) in [6.45, 7) is 9.86. The average molecular weight is 484 g/mol. The van der Waals surface area contributed by atoms with Crippen LogP contribution in [0.3, 0.4) is 0 Å². The van der Waals surface area contributed by atoms with Crippen LogP contribution in [0.25, 0.3) is 22.0 Å². The zero-order valence-electron chi connectivity index (χ0n) is 20.0. The SMILES string of the molecule is CCN(CC)CCCSN1CCC(c2[nH]nc3c(C(N)=O)cc(-c4cccc(F)c4)cc23)CC1. The van der Waals surface area contributed by atoms with Gasteiger partial charge < -0.3 is 10.6 Å². The number of carbonyl (C=O) groups excluding carboxylic acids is 1. The third kappa shape index (κ3) is 5.62. The lowest BCUT2D eigenvalue weighted by atomic mass is 9.90. The number of aromatic amines is 1. The first-order valence-electron chi connectivity index (χ1n) is 12.2. The van der Waals surface area contributed by atoms with Crippen molar-refractivity contribution in [3.8, 4) is 11.1 Å². The Labute approximate surface area is 205 Å². The van der Waals surface area contributed by atoms with E-state index in [1.807, 2.05) is 24.1 Å². The van der Waals surface area contributed by atoms with Crippen molar-refractivity contribution in [1.82, 2.24) is 19.4 Å². The number of H-pyrrole nitrogens is 1. The van der Waals surface area contributed by atoms with E-state index in [9.17, 15) is 9.18 Å². The number of nitrogens with one attached hydrogen (secondary N) is 1. The van der Waals surface area contributed by atoms with Gasteiger partial charge in [0, 0.05) is 35.8 Å². The molecule has 34 heavy (non-hydrogen) atoms. The van der Waals surface area contributed by atoms with Gasteiger partial charge in [-0.05, 0) is 74.3 Å². The van der Waals surface area contributed by atoms with E-state index in [0.717, 1.165) is 68.0 Å². The molecule has 1 aromatic heterocycles. The normalized spacial score (nSPS) is 15.4. The Bertz CT molecular complexity index is 1120. The predicted octanol–water partition coefficient (Wildman–Crippen LogP) is 5.03. The molecule has 2 heterocycles. The Kier molecular flexibility index (Phi) is 8.24. The van der Waals surface area contributed by atoms with Crippen LogP contribution in [0.15, 0.2) is 36.4 Å². The highest BCUT2D eigenvalue weighted by Gasteiger charge is 2.25. The summed E-state index contributed by atoms with van der Waals surface area (Å²) in [4.78, 5) is 14.6. The van der Waals surface area contributed by atoms with Crippen LogP contribution in [-0.2, 0) is 0 Å². The van der Waals surface area contributed by atoms with Gasteiger partial charge in [0.25, 0.3) is 5.91 Å². The molecular weight excluding hydrogens is 449 g/mol. The van der Waals surface area contributed by atoms with Crippen LogP contribution in [0.5, 0.6) is 0 Å². The van der Waals surface area contributed by atoms with E-state index in [2.05, 4.69) is 33.2 Å². The van der Waals surface area contributed by atoms with Crippen molar-refractivity contribution < 1.29 is 9.18 Å². The van der Waals surface area contributed by atoms with Crippen molar-refractivity contribution in [3.05, 3.63) is 53.5 Å². The highest BCUT2D eigenvalue weighted by molar-refractivity contribution is 7.97. The number of amides is 1. The number of aromatic nitrogens is 2. The van der Waals surface area contributed by atoms with Crippen molar-refractivity contribution in [2.24, 2.45) is 5.73 Å². The third-order valence-electron chi connectivity index (χ3n) is 6.76. The molecule has 1 fully saturated rings. The molecule has 1 amide bonds. The third-order valence-corrected chi connectivity index (χ3v) is 7.96. The predicted molar refractivity (Wildman–Crippen MR) is 138 cm³/mol. The van der Waals surface area contributed by atoms with Gasteiger partial charge in [-0.3, -0.25) is 14.2 Å². The number of primary amides is 1. The van der Waals surface area contributed by atoms with Crippen LogP contribution >= 0.6 is 11.9 Å². The second-order valence-electron chi connectivity index (χ2n) is 8.85. The molecule has 0 aliphatic carbocycles. The number of rotatable bonds is 10. The second-order valence-corrected chi connectivity index (χ2v) is 10.0. The molecule has 0 atom stereocenters. The van der Waals surface area contributed by atoms with E-state index >= 15 is 0 Å². The first-order chi connectivity index (χ1) is 16.5. The molecule has 2 aromatic carbocycles. The van der Waals surface area contributed by atoms with Gasteiger partial charge in [-0.1, -0.05) is 37.9 Å². The van der Waals surface area contributed by atoms with Crippen LogP contribution in [0.2, 0.25) is 0 Å². The molecule has 1 saturated heterocycles. The summed E-state index contributed by atoms with van der Waals surface area (Å²) in [5, 5.41) is 8.56. The van der Waals surface area contributed by atoms with Crippen molar-refractivity contribution in [3.63, 3.8) is 0 Å². The van der Waals surface area contributed by atoms with E-state index in [1.54, 1.807) is 12.1 Å². The number of halogens is 1. The molecule has 0 spiro atoms. The highest BCUT2D eigenvalue weighted by atomic mass is 32.2. The molecule has 0 saturated carbocycles. The fourth-order valence-corrected chi connectivity index (χ4v) is 5.75. The lowest BCUT2D eigenvalue weighted by molar-refractivity contribution is 0.100. The van der Waals surface area contributed by atoms with Gasteiger partial charge >= 0.3 is 0 Å². The van der Waals surface area contributed by atoms with Gasteiger partial charge in [-0.2, -0.15) is 5.10 Å². The second kappa shape index (κ2) is 11.3. The number of benzene rings is 2. The first kappa shape index (κ1) is 24.7. The minimum absolute atomic E-state index is 0.312. The summed E-state index contributed by atoms with van der Waals surface area (Å²) >= 11 is 1.95. The first-order valence-corrected chi connectivity index (χ1v) is 13.1. The summed E-state index contributed by atoms with van der Waals surface area (Å²) < 4.78 is 16.3. The molecule has 8 heteroatoms. The molecule has 4 rings (SSSR count). The van der Waals surface area contributed by atoms with E-state index < -0.39 is 5.91 Å². The van der Waals surface area contributed by atoms with Crippen LogP contribution in [0.4, 0.5) is 4.39 Å². The number of piperidine rings is 1. The van der Waals surface area contributed by atoms with Crippen molar-refractivity contribution in [1.29, 1.82) is 0 Å². The van der Waals surface area contributed by atoms with E-state index in [1.165, 1.54) is 18.6 Å². The number of hydrogen-bond donors (Lipinski definition) is 2. The largest absolute Gasteiger partial charge is 0.366 e. The number of nitrogens with zero attached hydrogens (tertiary/aromatic N) is 3. The Balaban J connectivity index is 1.47. The summed E-state index contributed by atoms with van der Waals surface area (Å²) in [5.41, 5.74) is 9.16. The van der Waals surface area contributed by atoms with Gasteiger partial charge in [-0.25, -0.2) is 4.39 Å². The standard InChI is InChI=1S/C26H34FN5OS/c1-3-31(4-2)11-6-14-34-32-12-9-18(10-13-32)24-22-16-20(19-7-5-8-21(27)15-19)17-23(26(28)33)25(22)30-29-24/h5,7-8,15-18H,3-4,6,9-14H2,1-2H3,(H2,28,33)(H,29,30). The summed E-state index contributed by atoms with van der Waals surface area (Å²) in [6, 6.07) is 10.1. The molecular formula is C26H34FN5OS. The lowest BCUT2D eigenvalue weighted by Crippen LogP contribution is -2.29. The molecule has 1 aliphatic rings. The fraction of sp³-hybridized carbons (Fsp3) is 0.462. The molecule has 0 unspecified atom stereocenters. The van der Waals surface area contributed by atoms with Crippen LogP contribution in [0.1, 0.15) is 55.1 Å². The maximum absolute atomic E-state index is 13.8. The quantitative estimate of drug-likeness (QED) is 0.312. The van der Waals surface area contributed by atoms with Crippen molar-refractivity contribution >= 4 is 28.8 Å². The maximum atomic E-state index is 13.8. The summed E-state index contributed by atoms with van der Waals surface area (Å²) in [7, 11) is 0. The number of nitrogens with two attached hydrogens (primary N) is 1. The van der Waals surface area contributed by atoms with Gasteiger partial charge in [0.1, 0.15) is 11.3 Å². The Hall–Kier alpha value is -2.42. The Morgan fingerprint density at radius 3 is 2.65 bits per heavy atom. The smallest absolute Gasteiger partial charge is 0.251 e. The topological polar surface area (TPSA) is 78.2 Å². The monoisotopic (exact) mass is 483 g/mol. The summed E-state index contributed by atoms with van der Waals surface area (Å²) in [6.07, 6.45) is 3.25. The summed E-state index contributed by atoms with van der Waals surface area (Å²) in [5.74, 6) is 0.637. The van der Waals surface area contributed by atoms with Gasteiger partial charge in [0.05, 0.1) is 5.56 Å². The van der Waals surface area contributed by atoms with E-state index in [-0.39, 0.29) is 5.82 Å². The van der Waals surface area contributed by atoms with E-state index in [4.69, 9.17) is 5.73 Å². The van der Waals surface area contributed by atoms with Crippen LogP contribution in [0, 0.1) is 5.82 Å². The van der Waals surface area contributed by atoms with Gasteiger partial charge in [0.15, 0.2) is 0 Å². The zero-order chi connectivity index (χ0) is 24.1. The highest BCUT2D eigenvalue weighted by Crippen LogP contribution is 2.36. The molecule has 3 N–H and O–H groups in total. The molecule has 0 radical (unpaired) electrons. The van der Waals surface area contributed by atoms with Crippen molar-refractivity contribution in [2.75, 3.05) is 38.5 Å². The number of fused-ring (bicyclic) bond motifs is 1.